The van der Waals surface area contributed by atoms with Crippen molar-refractivity contribution in [3.05, 3.63) is 130 Å². The number of carboxylic acids is 1. The average Bonchev–Trinajstić information content (AvgIpc) is 3.90. The highest BCUT2D eigenvalue weighted by molar-refractivity contribution is 6.09. The molecule has 6 N–H and O–H groups in total. The summed E-state index contributed by atoms with van der Waals surface area (Å²) in [5.41, 5.74) is 11.9. The van der Waals surface area contributed by atoms with Crippen LogP contribution in [0.2, 0.25) is 0 Å². The minimum absolute atomic E-state index is 0.0191. The van der Waals surface area contributed by atoms with Gasteiger partial charge >= 0.3 is 5.97 Å². The predicted octanol–water partition coefficient (Wildman–Crippen LogP) is 8.02. The van der Waals surface area contributed by atoms with Gasteiger partial charge in [0.05, 0.1) is 22.3 Å². The molecule has 0 radical (unpaired) electrons. The molecule has 3 aliphatic rings. The largest absolute Gasteiger partial charge is 0.508 e. The van der Waals surface area contributed by atoms with E-state index in [9.17, 15) is 34.2 Å². The molecule has 68 heavy (non-hydrogen) atoms. The number of aryl methyl sites for hydroxylation is 2. The van der Waals surface area contributed by atoms with Gasteiger partial charge in [-0.15, -0.1) is 0 Å². The molecule has 0 unspecified atom stereocenters. The third-order valence-corrected chi connectivity index (χ3v) is 12.8. The number of likely N-dealkylation sites (tertiary alicyclic amines) is 1. The second kappa shape index (κ2) is 19.6. The van der Waals surface area contributed by atoms with Crippen LogP contribution in [-0.2, 0) is 17.9 Å². The quantitative estimate of drug-likeness (QED) is 0.0465. The predicted molar refractivity (Wildman–Crippen MR) is 261 cm³/mol. The fourth-order valence-electron chi connectivity index (χ4n) is 9.47. The van der Waals surface area contributed by atoms with Crippen LogP contribution in [0.4, 0.5) is 0 Å². The van der Waals surface area contributed by atoms with Crippen LogP contribution in [0.3, 0.4) is 0 Å². The van der Waals surface area contributed by atoms with E-state index in [1.54, 1.807) is 24.3 Å². The van der Waals surface area contributed by atoms with Crippen LogP contribution >= 0.6 is 0 Å². The van der Waals surface area contributed by atoms with Gasteiger partial charge in [0.25, 0.3) is 11.8 Å². The van der Waals surface area contributed by atoms with Crippen LogP contribution in [0.5, 0.6) is 5.75 Å². The highest BCUT2D eigenvalue weighted by atomic mass is 16.4. The summed E-state index contributed by atoms with van der Waals surface area (Å²) in [6.45, 7) is 5.48. The Hall–Kier alpha value is -7.78. The van der Waals surface area contributed by atoms with Gasteiger partial charge in [0, 0.05) is 102 Å². The number of phenols is 1. The Labute approximate surface area is 391 Å². The van der Waals surface area contributed by atoms with Gasteiger partial charge in [-0.2, -0.15) is 0 Å². The monoisotopic (exact) mass is 915 g/mol. The summed E-state index contributed by atoms with van der Waals surface area (Å²) in [5, 5.41) is 28.0. The molecule has 2 aromatic heterocycles. The molecule has 0 saturated carbocycles. The SMILES string of the molecule is CCn1c(-c2nc3cc(C(=O)N4CCC[C@@H](N)C4)ccc3n2CCCNC(=O)CCCCCNC(=O)c2ccc(-c3c4ccc(=O)cc-4oc4cc(O)ccc34)c(C(=O)O)c2)cc2ccccc21. The third kappa shape index (κ3) is 9.29. The normalized spacial score (nSPS) is 14.0. The standard InChI is InChI=1S/C53H53N7O8/c1-2-59-43-12-6-5-10-32(43)28-45(59)50-57-42-27-34(52(65)58-24-8-11-35(54)31-58)15-21-44(42)60(50)25-9-23-55-48(63)13-4-3-7-22-56-51(64)33-14-18-38(41(26-33)53(66)67)49-39-19-16-36(61)29-46(39)68-47-30-37(62)17-20-40(47)49/h5-6,10,12,14-21,26-30,35,61H,2-4,7-9,11,13,22-25,31,54H2,1H3,(H,55,63)(H,56,64)(H,66,67)/t35-/m1/s1. The van der Waals surface area contributed by atoms with Gasteiger partial charge in [0.1, 0.15) is 17.1 Å². The number of carbonyl (C=O) groups excluding carboxylic acids is 3. The third-order valence-electron chi connectivity index (χ3n) is 12.8. The molecule has 1 atom stereocenters. The highest BCUT2D eigenvalue weighted by Crippen LogP contribution is 2.42. The van der Waals surface area contributed by atoms with Crippen molar-refractivity contribution < 1.29 is 33.8 Å². The van der Waals surface area contributed by atoms with Crippen LogP contribution < -0.4 is 21.8 Å². The van der Waals surface area contributed by atoms with Crippen LogP contribution in [0.1, 0.15) is 82.9 Å². The van der Waals surface area contributed by atoms with Gasteiger partial charge in [-0.1, -0.05) is 30.7 Å². The Bertz CT molecular complexity index is 3260. The second-order valence-electron chi connectivity index (χ2n) is 17.4. The summed E-state index contributed by atoms with van der Waals surface area (Å²) in [7, 11) is 0. The van der Waals surface area contributed by atoms with E-state index in [4.69, 9.17) is 15.1 Å². The molecule has 0 bridgehead atoms. The summed E-state index contributed by atoms with van der Waals surface area (Å²) in [6.07, 6.45) is 4.72. The number of amides is 3. The van der Waals surface area contributed by atoms with Crippen molar-refractivity contribution in [2.24, 2.45) is 5.73 Å². The van der Waals surface area contributed by atoms with Crippen molar-refractivity contribution in [2.45, 2.75) is 71.0 Å². The van der Waals surface area contributed by atoms with Gasteiger partial charge in [-0.25, -0.2) is 9.78 Å². The molecule has 348 valence electrons. The van der Waals surface area contributed by atoms with Gasteiger partial charge in [-0.05, 0) is 111 Å². The van der Waals surface area contributed by atoms with Crippen molar-refractivity contribution in [1.82, 2.24) is 29.7 Å². The fraction of sp³-hybridized carbons (Fsp3) is 0.283. The van der Waals surface area contributed by atoms with E-state index >= 15 is 0 Å². The maximum absolute atomic E-state index is 13.5. The van der Waals surface area contributed by atoms with Gasteiger partial charge in [0.2, 0.25) is 5.91 Å². The van der Waals surface area contributed by atoms with E-state index < -0.39 is 11.9 Å². The zero-order valence-corrected chi connectivity index (χ0v) is 37.8. The molecule has 3 amide bonds. The van der Waals surface area contributed by atoms with Crippen LogP contribution in [0.15, 0.2) is 112 Å². The molecule has 4 heterocycles. The topological polar surface area (TPSA) is 215 Å². The lowest BCUT2D eigenvalue weighted by Crippen LogP contribution is -2.45. The number of rotatable bonds is 16. The molecule has 6 aromatic rings. The fourth-order valence-corrected chi connectivity index (χ4v) is 9.47. The Kier molecular flexibility index (Phi) is 13.1. The van der Waals surface area contributed by atoms with E-state index in [-0.39, 0.29) is 51.5 Å². The highest BCUT2D eigenvalue weighted by Gasteiger charge is 2.26. The lowest BCUT2D eigenvalue weighted by Gasteiger charge is -2.30. The summed E-state index contributed by atoms with van der Waals surface area (Å²) in [4.78, 5) is 71.5. The molecule has 9 rings (SSSR count). The molecule has 15 heteroatoms. The zero-order chi connectivity index (χ0) is 47.5. The number of nitrogens with one attached hydrogen (secondary N) is 2. The molecule has 2 aliphatic heterocycles. The van der Waals surface area contributed by atoms with Gasteiger partial charge < -0.3 is 45.0 Å². The maximum atomic E-state index is 13.5. The smallest absolute Gasteiger partial charge is 0.336 e. The Balaban J connectivity index is 0.793. The Morgan fingerprint density at radius 3 is 2.46 bits per heavy atom. The first-order valence-corrected chi connectivity index (χ1v) is 23.2. The molecule has 15 nitrogen and oxygen atoms in total. The van der Waals surface area contributed by atoms with Crippen molar-refractivity contribution in [3.63, 3.8) is 0 Å². The van der Waals surface area contributed by atoms with E-state index in [2.05, 4.69) is 44.9 Å². The summed E-state index contributed by atoms with van der Waals surface area (Å²) in [6, 6.07) is 29.3. The number of hydrogen-bond acceptors (Lipinski definition) is 9. The lowest BCUT2D eigenvalue weighted by atomic mass is 9.90. The van der Waals surface area contributed by atoms with Crippen LogP contribution in [0.25, 0.3) is 66.9 Å². The molecular formula is C53H53N7O8. The molecule has 1 fully saturated rings. The summed E-state index contributed by atoms with van der Waals surface area (Å²) in [5.74, 6) is -0.801. The van der Waals surface area contributed by atoms with Crippen molar-refractivity contribution >= 4 is 56.6 Å². The number of hydrogen-bond donors (Lipinski definition) is 5. The Morgan fingerprint density at radius 1 is 0.824 bits per heavy atom. The minimum atomic E-state index is -1.24. The minimum Gasteiger partial charge on any atom is -0.508 e. The van der Waals surface area contributed by atoms with E-state index in [0.717, 1.165) is 52.8 Å². The number of aromatic carboxylic acids is 1. The summed E-state index contributed by atoms with van der Waals surface area (Å²) >= 11 is 0. The number of aromatic nitrogens is 3. The first kappa shape index (κ1) is 45.4. The first-order chi connectivity index (χ1) is 33.0. The molecule has 0 spiro atoms. The number of nitrogens with zero attached hydrogens (tertiary/aromatic N) is 4. The average molecular weight is 916 g/mol. The van der Waals surface area contributed by atoms with E-state index in [1.165, 1.54) is 30.3 Å². The number of benzene rings is 5. The maximum Gasteiger partial charge on any atom is 0.336 e. The molecule has 4 aromatic carbocycles. The van der Waals surface area contributed by atoms with Gasteiger partial charge in [-0.3, -0.25) is 19.2 Å². The van der Waals surface area contributed by atoms with Crippen molar-refractivity contribution in [2.75, 3.05) is 26.2 Å². The first-order valence-electron chi connectivity index (χ1n) is 23.2. The number of fused-ring (bicyclic) bond motifs is 4. The van der Waals surface area contributed by atoms with E-state index in [0.29, 0.717) is 92.5 Å². The van der Waals surface area contributed by atoms with E-state index in [1.807, 2.05) is 35.2 Å². The molecular weight excluding hydrogens is 863 g/mol. The lowest BCUT2D eigenvalue weighted by molar-refractivity contribution is -0.121. The summed E-state index contributed by atoms with van der Waals surface area (Å²) < 4.78 is 10.3. The number of phenolic OH excluding ortho intramolecular Hbond substituents is 1. The molecule has 1 aliphatic carbocycles. The number of para-hydroxylation sites is 1. The second-order valence-corrected chi connectivity index (χ2v) is 17.4. The zero-order valence-electron chi connectivity index (χ0n) is 37.8. The number of imidazole rings is 1. The van der Waals surface area contributed by atoms with Crippen molar-refractivity contribution in [3.8, 4) is 39.7 Å². The van der Waals surface area contributed by atoms with Crippen LogP contribution in [0, 0.1) is 0 Å². The number of carboxylic acid groups (broad SMARTS) is 1. The Morgan fingerprint density at radius 2 is 1.63 bits per heavy atom. The number of carbonyl (C=O) groups is 4. The number of nitrogens with two attached hydrogens (primary N) is 1. The number of piperidine rings is 1. The number of unbranched alkanes of at least 4 members (excludes halogenated alkanes) is 2. The van der Waals surface area contributed by atoms with Gasteiger partial charge in [0.15, 0.2) is 11.3 Å². The van der Waals surface area contributed by atoms with Crippen molar-refractivity contribution in [1.29, 1.82) is 0 Å². The van der Waals surface area contributed by atoms with Crippen LogP contribution in [-0.4, -0.2) is 85.1 Å². The number of aromatic hydroxyl groups is 1. The molecule has 1 saturated heterocycles.